The molecule has 0 saturated carbocycles. The first-order chi connectivity index (χ1) is 3.12. The first kappa shape index (κ1) is 6.09. The molecule has 0 radical (unpaired) electrons. The quantitative estimate of drug-likeness (QED) is 0.454. The minimum Gasteiger partial charge on any atom is -0.711 e. The van der Waals surface area contributed by atoms with E-state index in [2.05, 4.69) is 5.11 Å². The van der Waals surface area contributed by atoms with Crippen molar-refractivity contribution >= 4 is 0 Å². The highest BCUT2D eigenvalue weighted by Crippen LogP contribution is 2.03. The fourth-order valence-corrected chi connectivity index (χ4v) is 0.0224. The summed E-state index contributed by atoms with van der Waals surface area (Å²) in [4.78, 5) is 0. The van der Waals surface area contributed by atoms with Crippen LogP contribution in [0.3, 0.4) is 0 Å². The topological polar surface area (TPSA) is 58.5 Å². The molecule has 0 aliphatic heterocycles. The fraction of sp³-hybridized carbons (Fsp3) is 0.750. The lowest BCUT2D eigenvalue weighted by atomic mass is 10.1. The van der Waals surface area contributed by atoms with Gasteiger partial charge < -0.3 is 10.6 Å². The third kappa shape index (κ3) is 1.88. The van der Waals surface area contributed by atoms with Gasteiger partial charge in [0.05, 0.1) is 6.07 Å². The van der Waals surface area contributed by atoms with Crippen LogP contribution in [0.25, 0.3) is 5.53 Å². The monoisotopic (exact) mass is 96.1 g/mol. The van der Waals surface area contributed by atoms with Crippen LogP contribution in [0.15, 0.2) is 5.11 Å². The number of nitriles is 1. The van der Waals surface area contributed by atoms with Gasteiger partial charge in [0.25, 0.3) is 0 Å². The molecule has 0 unspecified atom stereocenters. The Hall–Kier alpha value is -0.910. The highest BCUT2D eigenvalue weighted by atomic mass is 15.0. The molecule has 3 heteroatoms. The minimum absolute atomic E-state index is 0.931. The van der Waals surface area contributed by atoms with Crippen molar-refractivity contribution in [1.29, 1.82) is 5.26 Å². The molecule has 0 heterocycles. The van der Waals surface area contributed by atoms with Crippen molar-refractivity contribution < 1.29 is 0 Å². The van der Waals surface area contributed by atoms with E-state index in [1.54, 1.807) is 6.07 Å². The Morgan fingerprint density at radius 1 is 1.71 bits per heavy atom. The molecule has 0 aromatic rings. The number of hydrogen-bond donors (Lipinski definition) is 0. The Bertz CT molecular complexity index is 109. The normalized spacial score (nSPS) is 9.86. The largest absolute Gasteiger partial charge is 0.711 e. The summed E-state index contributed by atoms with van der Waals surface area (Å²) in [5.74, 6) is 0. The lowest BCUT2D eigenvalue weighted by Crippen LogP contribution is -2.09. The highest BCUT2D eigenvalue weighted by molar-refractivity contribution is 4.99. The van der Waals surface area contributed by atoms with Gasteiger partial charge >= 0.3 is 0 Å². The summed E-state index contributed by atoms with van der Waals surface area (Å²) >= 11 is 0. The maximum absolute atomic E-state index is 8.09. The zero-order valence-corrected chi connectivity index (χ0v) is 4.34. The lowest BCUT2D eigenvalue weighted by Gasteiger charge is -2.10. The van der Waals surface area contributed by atoms with Crippen LogP contribution in [0.1, 0.15) is 13.8 Å². The van der Waals surface area contributed by atoms with Crippen LogP contribution in [-0.4, -0.2) is 5.54 Å². The lowest BCUT2D eigenvalue weighted by molar-refractivity contribution is 0.666. The smallest absolute Gasteiger partial charge is 0.120 e. The van der Waals surface area contributed by atoms with Crippen molar-refractivity contribution in [1.82, 2.24) is 0 Å². The van der Waals surface area contributed by atoms with Crippen molar-refractivity contribution in [2.75, 3.05) is 0 Å². The van der Waals surface area contributed by atoms with Gasteiger partial charge in [0.1, 0.15) is 5.54 Å². The first-order valence-corrected chi connectivity index (χ1v) is 1.90. The minimum atomic E-state index is -0.931. The predicted octanol–water partition coefficient (Wildman–Crippen LogP) is 1.31. The van der Waals surface area contributed by atoms with Gasteiger partial charge in [0, 0.05) is 0 Å². The molecule has 0 saturated heterocycles. The molecule has 0 bridgehead atoms. The maximum atomic E-state index is 8.09. The van der Waals surface area contributed by atoms with Gasteiger partial charge in [-0.15, -0.1) is 0 Å². The van der Waals surface area contributed by atoms with Crippen molar-refractivity contribution in [3.8, 4) is 6.07 Å². The SMILES string of the molecule is CC(C)(C#N)N=[N-]. The van der Waals surface area contributed by atoms with Crippen molar-refractivity contribution in [2.24, 2.45) is 5.11 Å². The molecule has 0 N–H and O–H groups in total. The van der Waals surface area contributed by atoms with Crippen LogP contribution in [0.2, 0.25) is 0 Å². The molecule has 0 aliphatic carbocycles. The second-order valence-corrected chi connectivity index (χ2v) is 1.77. The van der Waals surface area contributed by atoms with E-state index in [4.69, 9.17) is 10.8 Å². The van der Waals surface area contributed by atoms with E-state index in [-0.39, 0.29) is 0 Å². The van der Waals surface area contributed by atoms with E-state index in [1.807, 2.05) is 0 Å². The summed E-state index contributed by atoms with van der Waals surface area (Å²) in [7, 11) is 0. The van der Waals surface area contributed by atoms with Gasteiger partial charge in [-0.1, -0.05) is 0 Å². The third-order valence-electron chi connectivity index (χ3n) is 0.524. The highest BCUT2D eigenvalue weighted by Gasteiger charge is 2.06. The van der Waals surface area contributed by atoms with Crippen molar-refractivity contribution in [3.05, 3.63) is 5.53 Å². The second kappa shape index (κ2) is 1.69. The van der Waals surface area contributed by atoms with Crippen molar-refractivity contribution in [3.63, 3.8) is 0 Å². The van der Waals surface area contributed by atoms with E-state index in [1.165, 1.54) is 13.8 Å². The second-order valence-electron chi connectivity index (χ2n) is 1.77. The summed E-state index contributed by atoms with van der Waals surface area (Å²) in [6.07, 6.45) is 0. The molecular weight excluding hydrogens is 90.1 g/mol. The summed E-state index contributed by atoms with van der Waals surface area (Å²) < 4.78 is 0. The zero-order chi connectivity index (χ0) is 5.91. The third-order valence-corrected chi connectivity index (χ3v) is 0.524. The van der Waals surface area contributed by atoms with Crippen LogP contribution >= 0.6 is 0 Å². The van der Waals surface area contributed by atoms with Crippen LogP contribution in [0, 0.1) is 11.3 Å². The summed E-state index contributed by atoms with van der Waals surface area (Å²) in [6.45, 7) is 3.04. The van der Waals surface area contributed by atoms with Crippen LogP contribution in [0.5, 0.6) is 0 Å². The molecular formula is C4H6N3-. The maximum Gasteiger partial charge on any atom is 0.120 e. The van der Waals surface area contributed by atoms with Gasteiger partial charge in [0.2, 0.25) is 0 Å². The Kier molecular flexibility index (Phi) is 1.47. The van der Waals surface area contributed by atoms with Gasteiger partial charge in [-0.05, 0) is 13.8 Å². The number of rotatable bonds is 1. The predicted molar refractivity (Wildman–Crippen MR) is 25.5 cm³/mol. The molecule has 3 nitrogen and oxygen atoms in total. The molecule has 38 valence electrons. The summed E-state index contributed by atoms with van der Waals surface area (Å²) in [5, 5.41) is 10.9. The summed E-state index contributed by atoms with van der Waals surface area (Å²) in [5.41, 5.74) is 7.07. The molecule has 0 spiro atoms. The molecule has 0 aromatic carbocycles. The number of nitrogens with zero attached hydrogens (tertiary/aromatic N) is 3. The average Bonchev–Trinajstić information content (AvgIpc) is 1.68. The van der Waals surface area contributed by atoms with E-state index in [0.29, 0.717) is 0 Å². The van der Waals surface area contributed by atoms with E-state index < -0.39 is 5.54 Å². The van der Waals surface area contributed by atoms with Gasteiger partial charge in [-0.25, -0.2) is 0 Å². The van der Waals surface area contributed by atoms with Gasteiger partial charge in [-0.2, -0.15) is 5.26 Å². The Labute approximate surface area is 42.5 Å². The number of hydrogen-bond acceptors (Lipinski definition) is 2. The Morgan fingerprint density at radius 2 is 2.14 bits per heavy atom. The Balaban J connectivity index is 3.91. The average molecular weight is 96.1 g/mol. The molecule has 0 atom stereocenters. The standard InChI is InChI=1S/C4H6N3/c1-4(2,3-5)7-6/h1-2H3/q-1. The summed E-state index contributed by atoms with van der Waals surface area (Å²) in [6, 6.07) is 1.77. The van der Waals surface area contributed by atoms with E-state index in [9.17, 15) is 0 Å². The zero-order valence-electron chi connectivity index (χ0n) is 4.34. The molecule has 0 rings (SSSR count). The van der Waals surface area contributed by atoms with Gasteiger partial charge in [-0.3, -0.25) is 0 Å². The Morgan fingerprint density at radius 3 is 2.14 bits per heavy atom. The van der Waals surface area contributed by atoms with Gasteiger partial charge in [0.15, 0.2) is 0 Å². The van der Waals surface area contributed by atoms with Crippen molar-refractivity contribution in [2.45, 2.75) is 19.4 Å². The van der Waals surface area contributed by atoms with Crippen LogP contribution in [-0.2, 0) is 0 Å². The molecule has 0 fully saturated rings. The van der Waals surface area contributed by atoms with E-state index in [0.717, 1.165) is 0 Å². The molecule has 0 aromatic heterocycles. The van der Waals surface area contributed by atoms with Crippen LogP contribution in [0.4, 0.5) is 0 Å². The first-order valence-electron chi connectivity index (χ1n) is 1.90. The molecule has 0 aliphatic rings. The molecule has 7 heavy (non-hydrogen) atoms. The van der Waals surface area contributed by atoms with Crippen LogP contribution < -0.4 is 0 Å². The van der Waals surface area contributed by atoms with E-state index >= 15 is 0 Å². The molecule has 0 amide bonds. The fourth-order valence-electron chi connectivity index (χ4n) is 0.0224.